The van der Waals surface area contributed by atoms with Crippen LogP contribution in [0.1, 0.15) is 21.5 Å². The molecule has 3 aromatic carbocycles. The highest BCUT2D eigenvalue weighted by Crippen LogP contribution is 2.18. The van der Waals surface area contributed by atoms with Crippen LogP contribution in [0.3, 0.4) is 0 Å². The number of nitrogens with zero attached hydrogens (tertiary/aromatic N) is 1. The van der Waals surface area contributed by atoms with Gasteiger partial charge >= 0.3 is 5.97 Å². The summed E-state index contributed by atoms with van der Waals surface area (Å²) in [5.74, 6) is -0.251. The Morgan fingerprint density at radius 2 is 1.50 bits per heavy atom. The maximum atomic E-state index is 11.4. The van der Waals surface area contributed by atoms with Gasteiger partial charge in [-0.2, -0.15) is 5.10 Å². The lowest BCUT2D eigenvalue weighted by atomic mass is 10.0. The number of nitrogens with one attached hydrogen (secondary N) is 1. The molecule has 26 heavy (non-hydrogen) atoms. The van der Waals surface area contributed by atoms with Crippen molar-refractivity contribution in [3.05, 3.63) is 95.6 Å². The molecule has 0 fully saturated rings. The minimum Gasteiger partial charge on any atom is -0.497 e. The van der Waals surface area contributed by atoms with Crippen LogP contribution in [-0.2, 0) is 0 Å². The van der Waals surface area contributed by atoms with Crippen LogP contribution in [0.2, 0.25) is 0 Å². The first-order valence-corrected chi connectivity index (χ1v) is 8.05. The number of anilines is 1. The van der Waals surface area contributed by atoms with Crippen molar-refractivity contribution in [1.82, 2.24) is 0 Å². The molecule has 3 aromatic rings. The van der Waals surface area contributed by atoms with E-state index in [0.29, 0.717) is 11.4 Å². The van der Waals surface area contributed by atoms with E-state index in [2.05, 4.69) is 10.5 Å². The van der Waals surface area contributed by atoms with Crippen molar-refractivity contribution in [3.63, 3.8) is 0 Å². The molecule has 0 amide bonds. The summed E-state index contributed by atoms with van der Waals surface area (Å²) in [6.07, 6.45) is 0. The Bertz CT molecular complexity index is 920. The van der Waals surface area contributed by atoms with Crippen LogP contribution in [0.25, 0.3) is 0 Å². The zero-order valence-electron chi connectivity index (χ0n) is 14.2. The molecule has 0 saturated carbocycles. The summed E-state index contributed by atoms with van der Waals surface area (Å²) >= 11 is 0. The first kappa shape index (κ1) is 17.2. The molecular formula is C21H18N2O3. The Morgan fingerprint density at radius 3 is 2.15 bits per heavy atom. The van der Waals surface area contributed by atoms with Crippen molar-refractivity contribution in [2.24, 2.45) is 5.10 Å². The molecule has 0 aliphatic rings. The molecule has 0 atom stereocenters. The third-order valence-electron chi connectivity index (χ3n) is 3.86. The predicted molar refractivity (Wildman–Crippen MR) is 102 cm³/mol. The first-order valence-electron chi connectivity index (χ1n) is 8.05. The lowest BCUT2D eigenvalue weighted by Crippen LogP contribution is -2.08. The second-order valence-corrected chi connectivity index (χ2v) is 5.52. The van der Waals surface area contributed by atoms with Gasteiger partial charge in [-0.15, -0.1) is 0 Å². The van der Waals surface area contributed by atoms with Crippen LogP contribution >= 0.6 is 0 Å². The second-order valence-electron chi connectivity index (χ2n) is 5.52. The molecular weight excluding hydrogens is 328 g/mol. The van der Waals surface area contributed by atoms with Gasteiger partial charge in [0.05, 0.1) is 24.1 Å². The molecule has 0 aliphatic carbocycles. The first-order chi connectivity index (χ1) is 12.7. The van der Waals surface area contributed by atoms with E-state index in [4.69, 9.17) is 4.74 Å². The minimum absolute atomic E-state index is 0.165. The number of ether oxygens (including phenoxy) is 1. The van der Waals surface area contributed by atoms with E-state index in [9.17, 15) is 9.90 Å². The van der Waals surface area contributed by atoms with Gasteiger partial charge in [0.25, 0.3) is 0 Å². The number of rotatable bonds is 6. The van der Waals surface area contributed by atoms with Gasteiger partial charge in [0.1, 0.15) is 5.75 Å². The van der Waals surface area contributed by atoms with E-state index in [-0.39, 0.29) is 5.56 Å². The zero-order valence-corrected chi connectivity index (χ0v) is 14.2. The summed E-state index contributed by atoms with van der Waals surface area (Å²) in [6.45, 7) is 0. The number of methoxy groups -OCH3 is 1. The molecule has 2 N–H and O–H groups in total. The third kappa shape index (κ3) is 3.89. The average Bonchev–Trinajstić information content (AvgIpc) is 2.69. The summed E-state index contributed by atoms with van der Waals surface area (Å²) in [5, 5.41) is 13.8. The fraction of sp³-hybridized carbons (Fsp3) is 0.0476. The van der Waals surface area contributed by atoms with Crippen LogP contribution in [0.15, 0.2) is 84.0 Å². The van der Waals surface area contributed by atoms with Gasteiger partial charge in [-0.1, -0.05) is 42.5 Å². The van der Waals surface area contributed by atoms with E-state index >= 15 is 0 Å². The molecule has 130 valence electrons. The van der Waals surface area contributed by atoms with Gasteiger partial charge in [-0.05, 0) is 36.4 Å². The molecule has 0 aromatic heterocycles. The van der Waals surface area contributed by atoms with E-state index in [0.717, 1.165) is 16.9 Å². The number of benzene rings is 3. The highest BCUT2D eigenvalue weighted by Gasteiger charge is 2.11. The van der Waals surface area contributed by atoms with E-state index < -0.39 is 5.97 Å². The van der Waals surface area contributed by atoms with E-state index in [1.165, 1.54) is 6.07 Å². The topological polar surface area (TPSA) is 70.9 Å². The molecule has 0 heterocycles. The normalized spacial score (nSPS) is 11.0. The molecule has 0 unspecified atom stereocenters. The Kier molecular flexibility index (Phi) is 5.29. The van der Waals surface area contributed by atoms with Crippen LogP contribution in [0.4, 0.5) is 5.69 Å². The number of aromatic carboxylic acids is 1. The molecule has 0 bridgehead atoms. The molecule has 0 aliphatic heterocycles. The van der Waals surface area contributed by atoms with Crippen LogP contribution in [0, 0.1) is 0 Å². The van der Waals surface area contributed by atoms with E-state index in [1.807, 2.05) is 54.6 Å². The monoisotopic (exact) mass is 346 g/mol. The lowest BCUT2D eigenvalue weighted by molar-refractivity contribution is 0.0698. The van der Waals surface area contributed by atoms with Crippen LogP contribution in [-0.4, -0.2) is 23.9 Å². The Labute approximate surface area is 151 Å². The molecule has 5 heteroatoms. The van der Waals surface area contributed by atoms with Gasteiger partial charge < -0.3 is 9.84 Å². The summed E-state index contributed by atoms with van der Waals surface area (Å²) in [5.41, 5.74) is 6.00. The third-order valence-corrected chi connectivity index (χ3v) is 3.86. The number of hydrogen-bond acceptors (Lipinski definition) is 4. The summed E-state index contributed by atoms with van der Waals surface area (Å²) in [4.78, 5) is 11.4. The Balaban J connectivity index is 2.01. The van der Waals surface area contributed by atoms with Crippen molar-refractivity contribution in [1.29, 1.82) is 0 Å². The Morgan fingerprint density at radius 1 is 0.885 bits per heavy atom. The van der Waals surface area contributed by atoms with Crippen molar-refractivity contribution in [2.45, 2.75) is 0 Å². The quantitative estimate of drug-likeness (QED) is 0.517. The summed E-state index contributed by atoms with van der Waals surface area (Å²) in [6, 6.07) is 23.9. The van der Waals surface area contributed by atoms with Crippen molar-refractivity contribution >= 4 is 17.4 Å². The van der Waals surface area contributed by atoms with Gasteiger partial charge in [-0.3, -0.25) is 5.43 Å². The van der Waals surface area contributed by atoms with Gasteiger partial charge in [0.2, 0.25) is 0 Å². The molecule has 0 saturated heterocycles. The maximum Gasteiger partial charge on any atom is 0.337 e. The maximum absolute atomic E-state index is 11.4. The van der Waals surface area contributed by atoms with Crippen molar-refractivity contribution < 1.29 is 14.6 Å². The fourth-order valence-corrected chi connectivity index (χ4v) is 2.52. The molecule has 0 radical (unpaired) electrons. The molecule has 5 nitrogen and oxygen atoms in total. The highest BCUT2D eigenvalue weighted by molar-refractivity contribution is 6.13. The van der Waals surface area contributed by atoms with Crippen molar-refractivity contribution in [3.8, 4) is 5.75 Å². The van der Waals surface area contributed by atoms with Gasteiger partial charge in [-0.25, -0.2) is 4.79 Å². The predicted octanol–water partition coefficient (Wildman–Crippen LogP) is 4.26. The molecule has 0 spiro atoms. The number of carboxylic acid groups (broad SMARTS) is 1. The van der Waals surface area contributed by atoms with Crippen LogP contribution < -0.4 is 10.2 Å². The summed E-state index contributed by atoms with van der Waals surface area (Å²) < 4.78 is 5.21. The number of hydrazone groups is 1. The minimum atomic E-state index is -1.01. The van der Waals surface area contributed by atoms with Gasteiger partial charge in [0.15, 0.2) is 0 Å². The zero-order chi connectivity index (χ0) is 18.4. The van der Waals surface area contributed by atoms with Crippen LogP contribution in [0.5, 0.6) is 5.75 Å². The largest absolute Gasteiger partial charge is 0.497 e. The fourth-order valence-electron chi connectivity index (χ4n) is 2.52. The number of para-hydroxylation sites is 1. The second kappa shape index (κ2) is 7.98. The summed E-state index contributed by atoms with van der Waals surface area (Å²) in [7, 11) is 1.62. The van der Waals surface area contributed by atoms with Crippen molar-refractivity contribution in [2.75, 3.05) is 12.5 Å². The molecule has 3 rings (SSSR count). The number of carbonyl (C=O) groups is 1. The SMILES string of the molecule is COc1ccc(/C(=N\Nc2ccccc2C(=O)O)c2ccccc2)cc1. The highest BCUT2D eigenvalue weighted by atomic mass is 16.5. The number of hydrogen-bond donors (Lipinski definition) is 2. The standard InChI is InChI=1S/C21H18N2O3/c1-26-17-13-11-16(12-14-17)20(15-7-3-2-4-8-15)23-22-19-10-6-5-9-18(19)21(24)25/h2-14,22H,1H3,(H,24,25)/b23-20-. The number of carboxylic acids is 1. The van der Waals surface area contributed by atoms with E-state index in [1.54, 1.807) is 25.3 Å². The smallest absolute Gasteiger partial charge is 0.337 e. The Hall–Kier alpha value is -3.60. The average molecular weight is 346 g/mol. The van der Waals surface area contributed by atoms with Gasteiger partial charge in [0, 0.05) is 11.1 Å². The lowest BCUT2D eigenvalue weighted by Gasteiger charge is -2.10.